The monoisotopic (exact) mass is 330 g/mol. The molecule has 5 heteroatoms. The standard InChI is InChI=1S/C20H18N4O/c21-13-12-16-6-9-18(10-7-16)23-20(25)11-8-17-14-22-24(15-17)19-4-2-1-3-5-19/h1-7,9-10,14-15H,8,11-12H2,(H,23,25). The van der Waals surface area contributed by atoms with Crippen LogP contribution in [0.5, 0.6) is 0 Å². The number of para-hydroxylation sites is 1. The Kier molecular flexibility index (Phi) is 5.22. The Balaban J connectivity index is 1.52. The number of rotatable bonds is 6. The minimum atomic E-state index is -0.0412. The first-order valence-corrected chi connectivity index (χ1v) is 8.09. The predicted molar refractivity (Wildman–Crippen MR) is 96.3 cm³/mol. The van der Waals surface area contributed by atoms with Crippen molar-refractivity contribution in [1.29, 1.82) is 5.26 Å². The molecule has 3 rings (SSSR count). The van der Waals surface area contributed by atoms with Gasteiger partial charge in [-0.05, 0) is 41.8 Å². The van der Waals surface area contributed by atoms with Crippen LogP contribution in [0.4, 0.5) is 5.69 Å². The maximum Gasteiger partial charge on any atom is 0.224 e. The molecule has 124 valence electrons. The molecule has 0 bridgehead atoms. The molecule has 25 heavy (non-hydrogen) atoms. The van der Waals surface area contributed by atoms with E-state index in [1.165, 1.54) is 0 Å². The van der Waals surface area contributed by atoms with Crippen LogP contribution in [0.15, 0.2) is 67.0 Å². The Bertz CT molecular complexity index is 876. The van der Waals surface area contributed by atoms with Crippen LogP contribution in [-0.2, 0) is 17.6 Å². The first kappa shape index (κ1) is 16.5. The molecular weight excluding hydrogens is 312 g/mol. The lowest BCUT2D eigenvalue weighted by molar-refractivity contribution is -0.116. The summed E-state index contributed by atoms with van der Waals surface area (Å²) in [5.41, 5.74) is 3.69. The average Bonchev–Trinajstić information content (AvgIpc) is 3.12. The first-order chi connectivity index (χ1) is 12.2. The van der Waals surface area contributed by atoms with Gasteiger partial charge in [-0.3, -0.25) is 4.79 Å². The third-order valence-corrected chi connectivity index (χ3v) is 3.82. The van der Waals surface area contributed by atoms with E-state index in [-0.39, 0.29) is 5.91 Å². The number of nitriles is 1. The molecule has 1 aromatic heterocycles. The summed E-state index contributed by atoms with van der Waals surface area (Å²) >= 11 is 0. The van der Waals surface area contributed by atoms with Gasteiger partial charge in [-0.1, -0.05) is 30.3 Å². The second-order valence-corrected chi connectivity index (χ2v) is 5.71. The van der Waals surface area contributed by atoms with Crippen molar-refractivity contribution in [2.24, 2.45) is 0 Å². The highest BCUT2D eigenvalue weighted by atomic mass is 16.1. The summed E-state index contributed by atoms with van der Waals surface area (Å²) in [5, 5.41) is 15.9. The number of anilines is 1. The molecule has 1 heterocycles. The van der Waals surface area contributed by atoms with Crippen LogP contribution >= 0.6 is 0 Å². The second-order valence-electron chi connectivity index (χ2n) is 5.71. The molecule has 0 aliphatic carbocycles. The van der Waals surface area contributed by atoms with Gasteiger partial charge in [-0.15, -0.1) is 0 Å². The van der Waals surface area contributed by atoms with Gasteiger partial charge in [0.2, 0.25) is 5.91 Å². The van der Waals surface area contributed by atoms with E-state index in [0.29, 0.717) is 19.3 Å². The highest BCUT2D eigenvalue weighted by molar-refractivity contribution is 5.90. The van der Waals surface area contributed by atoms with Crippen LogP contribution in [-0.4, -0.2) is 15.7 Å². The lowest BCUT2D eigenvalue weighted by Gasteiger charge is -2.05. The molecule has 0 unspecified atom stereocenters. The van der Waals surface area contributed by atoms with Crippen molar-refractivity contribution in [2.45, 2.75) is 19.3 Å². The topological polar surface area (TPSA) is 70.7 Å². The zero-order chi connectivity index (χ0) is 17.5. The number of hydrogen-bond acceptors (Lipinski definition) is 3. The Morgan fingerprint density at radius 1 is 1.08 bits per heavy atom. The van der Waals surface area contributed by atoms with E-state index in [1.807, 2.05) is 60.8 Å². The number of benzene rings is 2. The second kappa shape index (κ2) is 7.93. The number of hydrogen-bond donors (Lipinski definition) is 1. The highest BCUT2D eigenvalue weighted by Crippen LogP contribution is 2.12. The molecule has 1 amide bonds. The summed E-state index contributed by atoms with van der Waals surface area (Å²) in [7, 11) is 0. The largest absolute Gasteiger partial charge is 0.326 e. The van der Waals surface area contributed by atoms with Gasteiger partial charge >= 0.3 is 0 Å². The van der Waals surface area contributed by atoms with E-state index in [0.717, 1.165) is 22.5 Å². The van der Waals surface area contributed by atoms with Gasteiger partial charge in [0.25, 0.3) is 0 Å². The summed E-state index contributed by atoms with van der Waals surface area (Å²) in [6.45, 7) is 0. The fraction of sp³-hybridized carbons (Fsp3) is 0.150. The number of aryl methyl sites for hydroxylation is 1. The molecule has 0 saturated heterocycles. The fourth-order valence-corrected chi connectivity index (χ4v) is 2.49. The minimum absolute atomic E-state index is 0.0412. The van der Waals surface area contributed by atoms with Gasteiger partial charge in [0.05, 0.1) is 24.4 Å². The van der Waals surface area contributed by atoms with Crippen LogP contribution in [0.25, 0.3) is 5.69 Å². The van der Waals surface area contributed by atoms with E-state index < -0.39 is 0 Å². The molecule has 5 nitrogen and oxygen atoms in total. The van der Waals surface area contributed by atoms with Gasteiger partial charge in [-0.25, -0.2) is 4.68 Å². The van der Waals surface area contributed by atoms with E-state index >= 15 is 0 Å². The van der Waals surface area contributed by atoms with Crippen molar-refractivity contribution < 1.29 is 4.79 Å². The molecule has 0 radical (unpaired) electrons. The Hall–Kier alpha value is -3.39. The van der Waals surface area contributed by atoms with Gasteiger partial charge in [0.1, 0.15) is 0 Å². The SMILES string of the molecule is N#CCc1ccc(NC(=O)CCc2cnn(-c3ccccc3)c2)cc1. The van der Waals surface area contributed by atoms with Crippen LogP contribution in [0.2, 0.25) is 0 Å². The van der Waals surface area contributed by atoms with Gasteiger partial charge in [0.15, 0.2) is 0 Å². The number of nitrogens with one attached hydrogen (secondary N) is 1. The average molecular weight is 330 g/mol. The van der Waals surface area contributed by atoms with Crippen LogP contribution < -0.4 is 5.32 Å². The highest BCUT2D eigenvalue weighted by Gasteiger charge is 2.06. The van der Waals surface area contributed by atoms with Crippen LogP contribution in [0.1, 0.15) is 17.5 Å². The lowest BCUT2D eigenvalue weighted by atomic mass is 10.1. The minimum Gasteiger partial charge on any atom is -0.326 e. The summed E-state index contributed by atoms with van der Waals surface area (Å²) in [6, 6.07) is 19.3. The van der Waals surface area contributed by atoms with Crippen molar-refractivity contribution in [3.05, 3.63) is 78.1 Å². The number of carbonyl (C=O) groups excluding carboxylic acids is 1. The lowest BCUT2D eigenvalue weighted by Crippen LogP contribution is -2.12. The maximum absolute atomic E-state index is 12.1. The molecule has 1 N–H and O–H groups in total. The zero-order valence-electron chi connectivity index (χ0n) is 13.7. The third-order valence-electron chi connectivity index (χ3n) is 3.82. The Morgan fingerprint density at radius 3 is 2.56 bits per heavy atom. The van der Waals surface area contributed by atoms with Crippen LogP contribution in [0.3, 0.4) is 0 Å². The van der Waals surface area contributed by atoms with E-state index in [1.54, 1.807) is 10.9 Å². The molecule has 0 atom stereocenters. The van der Waals surface area contributed by atoms with Gasteiger partial charge in [0, 0.05) is 18.3 Å². The molecule has 0 fully saturated rings. The fourth-order valence-electron chi connectivity index (χ4n) is 2.49. The third kappa shape index (κ3) is 4.55. The molecule has 2 aromatic carbocycles. The van der Waals surface area contributed by atoms with Crippen molar-refractivity contribution in [2.75, 3.05) is 5.32 Å². The Labute approximate surface area is 146 Å². The summed E-state index contributed by atoms with van der Waals surface area (Å²) in [6.07, 6.45) is 5.13. The predicted octanol–water partition coefficient (Wildman–Crippen LogP) is 3.51. The van der Waals surface area contributed by atoms with E-state index in [2.05, 4.69) is 16.5 Å². The normalized spacial score (nSPS) is 10.2. The zero-order valence-corrected chi connectivity index (χ0v) is 13.7. The van der Waals surface area contributed by atoms with E-state index in [4.69, 9.17) is 5.26 Å². The summed E-state index contributed by atoms with van der Waals surface area (Å²) in [4.78, 5) is 12.1. The number of nitrogens with zero attached hydrogens (tertiary/aromatic N) is 3. The molecule has 0 aliphatic heterocycles. The summed E-state index contributed by atoms with van der Waals surface area (Å²) < 4.78 is 1.81. The van der Waals surface area contributed by atoms with E-state index in [9.17, 15) is 4.79 Å². The molecule has 0 spiro atoms. The smallest absolute Gasteiger partial charge is 0.224 e. The molecule has 3 aromatic rings. The maximum atomic E-state index is 12.1. The first-order valence-electron chi connectivity index (χ1n) is 8.09. The van der Waals surface area contributed by atoms with Gasteiger partial charge < -0.3 is 5.32 Å². The molecule has 0 aliphatic rings. The van der Waals surface area contributed by atoms with Crippen molar-refractivity contribution in [3.8, 4) is 11.8 Å². The number of aromatic nitrogens is 2. The molecule has 0 saturated carbocycles. The Morgan fingerprint density at radius 2 is 1.84 bits per heavy atom. The number of amides is 1. The van der Waals surface area contributed by atoms with Crippen molar-refractivity contribution >= 4 is 11.6 Å². The van der Waals surface area contributed by atoms with Gasteiger partial charge in [-0.2, -0.15) is 10.4 Å². The van der Waals surface area contributed by atoms with Crippen molar-refractivity contribution in [3.63, 3.8) is 0 Å². The van der Waals surface area contributed by atoms with Crippen LogP contribution in [0, 0.1) is 11.3 Å². The number of carbonyl (C=O) groups is 1. The summed E-state index contributed by atoms with van der Waals surface area (Å²) in [5.74, 6) is -0.0412. The quantitative estimate of drug-likeness (QED) is 0.752. The van der Waals surface area contributed by atoms with Crippen molar-refractivity contribution in [1.82, 2.24) is 9.78 Å². The molecular formula is C20H18N4O.